The van der Waals surface area contributed by atoms with Gasteiger partial charge in [-0.1, -0.05) is 12.1 Å². The number of rotatable bonds is 3. The summed E-state index contributed by atoms with van der Waals surface area (Å²) in [5.41, 5.74) is 3.61. The van der Waals surface area contributed by atoms with Crippen LogP contribution in [0.2, 0.25) is 0 Å². The second-order valence-corrected chi connectivity index (χ2v) is 4.17. The molecule has 0 aliphatic carbocycles. The molecule has 0 aliphatic heterocycles. The largest absolute Gasteiger partial charge is 0.508 e. The Bertz CT molecular complexity index is 711. The van der Waals surface area contributed by atoms with Crippen molar-refractivity contribution in [3.05, 3.63) is 59.2 Å². The molecule has 2 aromatic rings. The van der Waals surface area contributed by atoms with Crippen LogP contribution in [-0.2, 0) is 0 Å². The highest BCUT2D eigenvalue weighted by Gasteiger charge is 2.07. The van der Waals surface area contributed by atoms with Crippen molar-refractivity contribution in [1.29, 1.82) is 5.26 Å². The molecule has 0 saturated carbocycles. The molecule has 3 N–H and O–H groups in total. The Kier molecular flexibility index (Phi) is 4.17. The lowest BCUT2D eigenvalue weighted by atomic mass is 10.2. The first kappa shape index (κ1) is 14.1. The maximum absolute atomic E-state index is 11.7. The highest BCUT2D eigenvalue weighted by Crippen LogP contribution is 2.20. The van der Waals surface area contributed by atoms with Gasteiger partial charge in [0.2, 0.25) is 0 Å². The molecule has 6 heteroatoms. The van der Waals surface area contributed by atoms with Gasteiger partial charge in [-0.15, -0.1) is 0 Å². The number of hydrazone groups is 1. The van der Waals surface area contributed by atoms with E-state index in [1.165, 1.54) is 18.3 Å². The lowest BCUT2D eigenvalue weighted by Gasteiger charge is -2.02. The van der Waals surface area contributed by atoms with Crippen molar-refractivity contribution >= 4 is 12.1 Å². The fourth-order valence-electron chi connectivity index (χ4n) is 1.60. The molecule has 2 rings (SSSR count). The number of carbonyl (C=O) groups excluding carboxylic acids is 1. The van der Waals surface area contributed by atoms with Crippen molar-refractivity contribution in [2.75, 3.05) is 0 Å². The predicted octanol–water partition coefficient (Wildman–Crippen LogP) is 1.73. The number of benzene rings is 2. The molecular weight excluding hydrogens is 270 g/mol. The van der Waals surface area contributed by atoms with Crippen LogP contribution < -0.4 is 5.43 Å². The molecule has 104 valence electrons. The van der Waals surface area contributed by atoms with Crippen LogP contribution >= 0.6 is 0 Å². The zero-order chi connectivity index (χ0) is 15.2. The number of carbonyl (C=O) groups is 1. The molecule has 0 fully saturated rings. The van der Waals surface area contributed by atoms with Crippen LogP contribution in [0.4, 0.5) is 0 Å². The van der Waals surface area contributed by atoms with E-state index in [0.717, 1.165) is 6.07 Å². The fraction of sp³-hybridized carbons (Fsp3) is 0. The molecule has 0 heterocycles. The van der Waals surface area contributed by atoms with E-state index in [-0.39, 0.29) is 17.1 Å². The Morgan fingerprint density at radius 2 is 1.76 bits per heavy atom. The van der Waals surface area contributed by atoms with Gasteiger partial charge in [-0.25, -0.2) is 5.43 Å². The molecule has 0 unspecified atom stereocenters. The van der Waals surface area contributed by atoms with E-state index in [1.807, 2.05) is 6.07 Å². The summed E-state index contributed by atoms with van der Waals surface area (Å²) in [4.78, 5) is 11.7. The second-order valence-electron chi connectivity index (χ2n) is 4.17. The average molecular weight is 281 g/mol. The molecule has 21 heavy (non-hydrogen) atoms. The third-order valence-corrected chi connectivity index (χ3v) is 2.58. The lowest BCUT2D eigenvalue weighted by molar-refractivity contribution is 0.0954. The Hall–Kier alpha value is -3.33. The highest BCUT2D eigenvalue weighted by atomic mass is 16.3. The minimum Gasteiger partial charge on any atom is -0.508 e. The van der Waals surface area contributed by atoms with Crippen molar-refractivity contribution in [3.63, 3.8) is 0 Å². The van der Waals surface area contributed by atoms with Crippen molar-refractivity contribution in [2.45, 2.75) is 0 Å². The van der Waals surface area contributed by atoms with Crippen LogP contribution in [0.15, 0.2) is 47.6 Å². The van der Waals surface area contributed by atoms with E-state index in [4.69, 9.17) is 5.26 Å². The standard InChI is InChI=1S/C15H11N3O3/c16-8-10-1-3-11(4-2-10)9-17-18-15(21)12-5-13(19)7-14(20)6-12/h1-7,9,19-20H,(H,18,21)/b17-9+. The number of nitrogens with one attached hydrogen (secondary N) is 1. The molecule has 0 saturated heterocycles. The lowest BCUT2D eigenvalue weighted by Crippen LogP contribution is -2.17. The summed E-state index contributed by atoms with van der Waals surface area (Å²) in [6.07, 6.45) is 1.42. The maximum atomic E-state index is 11.7. The highest BCUT2D eigenvalue weighted by molar-refractivity contribution is 5.95. The van der Waals surface area contributed by atoms with Crippen molar-refractivity contribution < 1.29 is 15.0 Å². The van der Waals surface area contributed by atoms with E-state index in [0.29, 0.717) is 11.1 Å². The second kappa shape index (κ2) is 6.21. The van der Waals surface area contributed by atoms with E-state index < -0.39 is 5.91 Å². The SMILES string of the molecule is N#Cc1ccc(/C=N/NC(=O)c2cc(O)cc(O)c2)cc1. The fourth-order valence-corrected chi connectivity index (χ4v) is 1.60. The quantitative estimate of drug-likeness (QED) is 0.588. The van der Waals surface area contributed by atoms with Gasteiger partial charge < -0.3 is 10.2 Å². The van der Waals surface area contributed by atoms with Crippen LogP contribution in [0.1, 0.15) is 21.5 Å². The minimum absolute atomic E-state index is 0.0875. The predicted molar refractivity (Wildman–Crippen MR) is 76.0 cm³/mol. The van der Waals surface area contributed by atoms with Crippen LogP contribution in [0.3, 0.4) is 0 Å². The van der Waals surface area contributed by atoms with Crippen molar-refractivity contribution in [3.8, 4) is 17.6 Å². The molecule has 1 amide bonds. The van der Waals surface area contributed by atoms with Gasteiger partial charge in [-0.2, -0.15) is 10.4 Å². The number of phenolic OH excluding ortho intramolecular Hbond substituents is 2. The Morgan fingerprint density at radius 1 is 1.14 bits per heavy atom. The van der Waals surface area contributed by atoms with E-state index in [2.05, 4.69) is 10.5 Å². The van der Waals surface area contributed by atoms with E-state index in [9.17, 15) is 15.0 Å². The Labute approximate surface area is 120 Å². The Balaban J connectivity index is 2.03. The summed E-state index contributed by atoms with van der Waals surface area (Å²) in [5.74, 6) is -0.987. The van der Waals surface area contributed by atoms with E-state index >= 15 is 0 Å². The van der Waals surface area contributed by atoms with Crippen LogP contribution in [0.25, 0.3) is 0 Å². The number of nitriles is 1. The van der Waals surface area contributed by atoms with Gasteiger partial charge in [0.1, 0.15) is 11.5 Å². The number of hydrogen-bond donors (Lipinski definition) is 3. The summed E-state index contributed by atoms with van der Waals surface area (Å²) >= 11 is 0. The maximum Gasteiger partial charge on any atom is 0.271 e. The van der Waals surface area contributed by atoms with Crippen molar-refractivity contribution in [2.24, 2.45) is 5.10 Å². The van der Waals surface area contributed by atoms with Gasteiger partial charge in [0.05, 0.1) is 17.8 Å². The van der Waals surface area contributed by atoms with Gasteiger partial charge >= 0.3 is 0 Å². The first-order valence-electron chi connectivity index (χ1n) is 5.95. The number of phenols is 2. The molecule has 0 radical (unpaired) electrons. The van der Waals surface area contributed by atoms with Gasteiger partial charge in [0.25, 0.3) is 5.91 Å². The Morgan fingerprint density at radius 3 is 2.33 bits per heavy atom. The molecule has 0 bridgehead atoms. The summed E-state index contributed by atoms with van der Waals surface area (Å²) in [5, 5.41) is 31.0. The monoisotopic (exact) mass is 281 g/mol. The average Bonchev–Trinajstić information content (AvgIpc) is 2.47. The number of nitrogens with zero attached hydrogens (tertiary/aromatic N) is 2. The molecule has 0 atom stereocenters. The smallest absolute Gasteiger partial charge is 0.271 e. The van der Waals surface area contributed by atoms with E-state index in [1.54, 1.807) is 24.3 Å². The third kappa shape index (κ3) is 3.81. The summed E-state index contributed by atoms with van der Waals surface area (Å²) in [6, 6.07) is 12.2. The molecule has 2 aromatic carbocycles. The van der Waals surface area contributed by atoms with Gasteiger partial charge in [0.15, 0.2) is 0 Å². The minimum atomic E-state index is -0.564. The summed E-state index contributed by atoms with van der Waals surface area (Å²) < 4.78 is 0. The van der Waals surface area contributed by atoms with Crippen LogP contribution in [0.5, 0.6) is 11.5 Å². The molecule has 6 nitrogen and oxygen atoms in total. The van der Waals surface area contributed by atoms with Crippen LogP contribution in [-0.4, -0.2) is 22.3 Å². The normalized spacial score (nSPS) is 10.2. The summed E-state index contributed by atoms with van der Waals surface area (Å²) in [7, 11) is 0. The topological polar surface area (TPSA) is 106 Å². The zero-order valence-corrected chi connectivity index (χ0v) is 10.8. The molecular formula is C15H11N3O3. The third-order valence-electron chi connectivity index (χ3n) is 2.58. The van der Waals surface area contributed by atoms with Gasteiger partial charge in [-0.3, -0.25) is 4.79 Å². The van der Waals surface area contributed by atoms with Crippen LogP contribution in [0, 0.1) is 11.3 Å². The number of amides is 1. The summed E-state index contributed by atoms with van der Waals surface area (Å²) in [6.45, 7) is 0. The van der Waals surface area contributed by atoms with Gasteiger partial charge in [0, 0.05) is 11.6 Å². The van der Waals surface area contributed by atoms with Crippen molar-refractivity contribution in [1.82, 2.24) is 5.43 Å². The number of hydrogen-bond acceptors (Lipinski definition) is 5. The first-order valence-corrected chi connectivity index (χ1v) is 5.95. The molecule has 0 spiro atoms. The number of aromatic hydroxyl groups is 2. The molecule has 0 aromatic heterocycles. The molecule has 0 aliphatic rings. The van der Waals surface area contributed by atoms with Gasteiger partial charge in [-0.05, 0) is 29.8 Å². The first-order chi connectivity index (χ1) is 10.1. The zero-order valence-electron chi connectivity index (χ0n) is 10.8.